The molecule has 5 nitrogen and oxygen atoms in total. The van der Waals surface area contributed by atoms with Gasteiger partial charge in [-0.2, -0.15) is 10.5 Å². The average Bonchev–Trinajstić information content (AvgIpc) is 0.685. The van der Waals surface area contributed by atoms with Gasteiger partial charge in [-0.3, -0.25) is 0 Å². The van der Waals surface area contributed by atoms with E-state index in [0.717, 1.165) is 129 Å². The molecule has 0 saturated carbocycles. The molecule has 14 aromatic carbocycles. The van der Waals surface area contributed by atoms with Crippen molar-refractivity contribution >= 4 is 79.0 Å². The molecule has 2 aliphatic heterocycles. The van der Waals surface area contributed by atoms with Crippen molar-refractivity contribution in [3.63, 3.8) is 0 Å². The van der Waals surface area contributed by atoms with Crippen LogP contribution in [-0.4, -0.2) is 11.3 Å². The van der Waals surface area contributed by atoms with Gasteiger partial charge in [-0.1, -0.05) is 352 Å². The van der Waals surface area contributed by atoms with Gasteiger partial charge in [0.2, 0.25) is 0 Å². The number of fused-ring (bicyclic) bond motifs is 7. The van der Waals surface area contributed by atoms with E-state index in [1.807, 2.05) is 24.3 Å². The Labute approximate surface area is 713 Å². The van der Waals surface area contributed by atoms with Crippen LogP contribution >= 0.6 is 0 Å². The van der Waals surface area contributed by atoms with Gasteiger partial charge in [0.15, 0.2) is 0 Å². The predicted octanol–water partition coefficient (Wildman–Crippen LogP) is 29.4. The Hall–Kier alpha value is -12.5. The van der Waals surface area contributed by atoms with Crippen molar-refractivity contribution in [1.82, 2.24) is 4.57 Å². The zero-order valence-corrected chi connectivity index (χ0v) is 73.9. The molecular formula is C114H110BN5. The van der Waals surface area contributed by atoms with Crippen LogP contribution in [0.2, 0.25) is 0 Å². The SMILES string of the molecule is CC(C)(C)c1ccc(-c2cc(-c3ccccc3C#N)cc(-c3ccc(C(C)(C)C)cc3)c2N2c3ccc(-c4cc(C(C)(C)C)cc(C(C)(C)C)c4)cc3B3c4ccc(-n5c6ccccc6c6ccccc65)cc4N(c4c(-c5ccc(C(C)(C)C)cc5)cc(-c5ccccc5C#N)cc4-c4ccc(C(C)(C)C)cc4)c4cc(C(C)(C)C)cc2c43)cc1. The van der Waals surface area contributed by atoms with Crippen LogP contribution in [0, 0.1) is 22.7 Å². The summed E-state index contributed by atoms with van der Waals surface area (Å²) in [7, 11) is 0. The van der Waals surface area contributed by atoms with Gasteiger partial charge < -0.3 is 14.4 Å². The van der Waals surface area contributed by atoms with Crippen molar-refractivity contribution < 1.29 is 0 Å². The monoisotopic (exact) mass is 1560 g/mol. The third-order valence-corrected chi connectivity index (χ3v) is 25.4. The van der Waals surface area contributed by atoms with Crippen molar-refractivity contribution in [2.75, 3.05) is 9.80 Å². The lowest BCUT2D eigenvalue weighted by atomic mass is 9.33. The molecule has 15 aromatic rings. The van der Waals surface area contributed by atoms with Gasteiger partial charge in [0.25, 0.3) is 6.71 Å². The molecule has 0 fully saturated rings. The van der Waals surface area contributed by atoms with E-state index >= 15 is 0 Å². The normalized spacial score (nSPS) is 13.1. The van der Waals surface area contributed by atoms with Crippen LogP contribution in [0.4, 0.5) is 34.1 Å². The standard InChI is InChI=1S/C114H110BN5/c1-108(2,3)81-47-38-71(39-48-81)93-60-79(89-32-24-22-30-76(89)69-116)61-94(72-40-49-82(50-41-72)109(4,5)6)106(93)119-101-57-46-75(78-58-85(112(13,14)15)65-86(59-78)113(16,17)18)64-98(101)115-97-56-55-88(118-99-36-28-26-34-91(99)92-35-27-29-37-100(92)118)68-102(97)120(104-67-87(114(19,20)21)66-103(119)105(104)115)107-95(73-42-51-83(52-43-73)110(7,8)9)62-80(90-33-25-23-31-77(90)70-117)63-96(107)74-44-53-84(54-45-74)111(10,11)12/h22-68H,1-21H3. The highest BCUT2D eigenvalue weighted by Crippen LogP contribution is 2.57. The van der Waals surface area contributed by atoms with E-state index in [0.29, 0.717) is 11.1 Å². The number of hydrogen-bond donors (Lipinski definition) is 0. The quantitative estimate of drug-likeness (QED) is 0.128. The molecule has 6 heteroatoms. The molecule has 594 valence electrons. The Bertz CT molecular complexity index is 6440. The summed E-state index contributed by atoms with van der Waals surface area (Å²) in [5.74, 6) is 0. The van der Waals surface area contributed by atoms with E-state index < -0.39 is 5.41 Å². The number of anilines is 6. The van der Waals surface area contributed by atoms with Crippen LogP contribution in [0.25, 0.3) is 105 Å². The van der Waals surface area contributed by atoms with Gasteiger partial charge in [0, 0.05) is 61.5 Å². The lowest BCUT2D eigenvalue weighted by molar-refractivity contribution is 0.569. The summed E-state index contributed by atoms with van der Waals surface area (Å²) in [5, 5.41) is 24.8. The molecule has 0 N–H and O–H groups in total. The number of nitriles is 2. The van der Waals surface area contributed by atoms with Crippen LogP contribution < -0.4 is 26.2 Å². The molecule has 0 unspecified atom stereocenters. The second kappa shape index (κ2) is 29.2. The van der Waals surface area contributed by atoms with E-state index in [9.17, 15) is 10.5 Å². The second-order valence-corrected chi connectivity index (χ2v) is 40.9. The van der Waals surface area contributed by atoms with Crippen LogP contribution in [0.5, 0.6) is 0 Å². The summed E-state index contributed by atoms with van der Waals surface area (Å²) in [4.78, 5) is 5.39. The Kier molecular flexibility index (Phi) is 19.5. The fourth-order valence-corrected chi connectivity index (χ4v) is 18.3. The van der Waals surface area contributed by atoms with Gasteiger partial charge >= 0.3 is 0 Å². The highest BCUT2D eigenvalue weighted by molar-refractivity contribution is 7.00. The molecule has 0 radical (unpaired) electrons. The maximum atomic E-state index is 11.2. The summed E-state index contributed by atoms with van der Waals surface area (Å²) < 4.78 is 2.49. The largest absolute Gasteiger partial charge is 0.310 e. The van der Waals surface area contributed by atoms with Crippen molar-refractivity contribution in [1.29, 1.82) is 10.5 Å². The topological polar surface area (TPSA) is 59.0 Å². The number of para-hydroxylation sites is 2. The Morgan fingerprint density at radius 1 is 0.242 bits per heavy atom. The van der Waals surface area contributed by atoms with E-state index in [1.54, 1.807) is 0 Å². The molecule has 2 aliphatic rings. The van der Waals surface area contributed by atoms with Crippen molar-refractivity contribution in [2.45, 2.75) is 183 Å². The van der Waals surface area contributed by atoms with Crippen molar-refractivity contribution in [3.05, 3.63) is 335 Å². The molecule has 0 bridgehead atoms. The van der Waals surface area contributed by atoms with Crippen LogP contribution in [-0.2, 0) is 37.9 Å². The zero-order chi connectivity index (χ0) is 84.8. The van der Waals surface area contributed by atoms with E-state index in [-0.39, 0.29) is 39.2 Å². The maximum absolute atomic E-state index is 11.2. The van der Waals surface area contributed by atoms with Crippen LogP contribution in [0.3, 0.4) is 0 Å². The molecule has 3 heterocycles. The van der Waals surface area contributed by atoms with Crippen molar-refractivity contribution in [3.8, 4) is 95.7 Å². The first kappa shape index (κ1) is 80.0. The van der Waals surface area contributed by atoms with Gasteiger partial charge in [-0.25, -0.2) is 0 Å². The Balaban J connectivity index is 1.10. The minimum Gasteiger partial charge on any atom is -0.310 e. The molecule has 17 rings (SSSR count). The number of nitrogens with zero attached hydrogens (tertiary/aromatic N) is 5. The van der Waals surface area contributed by atoms with Crippen LogP contribution in [0.1, 0.15) is 195 Å². The number of hydrogen-bond acceptors (Lipinski definition) is 4. The minimum absolute atomic E-state index is 0.126. The third-order valence-electron chi connectivity index (χ3n) is 25.4. The van der Waals surface area contributed by atoms with E-state index in [2.05, 4.69) is 433 Å². The van der Waals surface area contributed by atoms with E-state index in [4.69, 9.17) is 0 Å². The Morgan fingerprint density at radius 3 is 0.942 bits per heavy atom. The number of benzene rings is 14. The summed E-state index contributed by atoms with van der Waals surface area (Å²) in [6, 6.07) is 114. The molecule has 0 spiro atoms. The zero-order valence-electron chi connectivity index (χ0n) is 73.9. The lowest BCUT2D eigenvalue weighted by Crippen LogP contribution is -2.61. The second-order valence-electron chi connectivity index (χ2n) is 40.9. The Morgan fingerprint density at radius 2 is 0.575 bits per heavy atom. The molecule has 0 saturated heterocycles. The summed E-state index contributed by atoms with van der Waals surface area (Å²) in [6.45, 7) is 48.4. The first-order valence-electron chi connectivity index (χ1n) is 42.8. The average molecular weight is 1560 g/mol. The minimum atomic E-state index is -0.430. The molecule has 0 amide bonds. The fourth-order valence-electron chi connectivity index (χ4n) is 18.3. The first-order valence-corrected chi connectivity index (χ1v) is 42.8. The highest BCUT2D eigenvalue weighted by Gasteiger charge is 2.47. The smallest absolute Gasteiger partial charge is 0.252 e. The predicted molar refractivity (Wildman–Crippen MR) is 513 cm³/mol. The summed E-state index contributed by atoms with van der Waals surface area (Å²) >= 11 is 0. The van der Waals surface area contributed by atoms with Gasteiger partial charge in [0.05, 0.1) is 45.7 Å². The number of aromatic nitrogens is 1. The fraction of sp³-hybridized carbons (Fsp3) is 0.246. The van der Waals surface area contributed by atoms with Gasteiger partial charge in [-0.15, -0.1) is 0 Å². The molecule has 120 heavy (non-hydrogen) atoms. The maximum Gasteiger partial charge on any atom is 0.252 e. The van der Waals surface area contributed by atoms with Gasteiger partial charge in [-0.05, 0) is 228 Å². The molecule has 1 aromatic heterocycles. The molecule has 0 atom stereocenters. The highest BCUT2D eigenvalue weighted by atomic mass is 15.2. The third kappa shape index (κ3) is 14.3. The van der Waals surface area contributed by atoms with Crippen molar-refractivity contribution in [2.24, 2.45) is 0 Å². The molecular weight excluding hydrogens is 1450 g/mol. The first-order chi connectivity index (χ1) is 56.8. The molecule has 0 aliphatic carbocycles. The summed E-state index contributed by atoms with van der Waals surface area (Å²) in [6.07, 6.45) is 0. The van der Waals surface area contributed by atoms with E-state index in [1.165, 1.54) is 66.2 Å². The number of rotatable bonds is 10. The van der Waals surface area contributed by atoms with Gasteiger partial charge in [0.1, 0.15) is 0 Å². The lowest BCUT2D eigenvalue weighted by Gasteiger charge is -2.46. The van der Waals surface area contributed by atoms with Crippen LogP contribution in [0.15, 0.2) is 285 Å². The summed E-state index contributed by atoms with van der Waals surface area (Å²) in [5.41, 5.74) is 36.1.